The predicted molar refractivity (Wildman–Crippen MR) is 139 cm³/mol. The number of nitrogens with two attached hydrogens (primary N) is 1. The van der Waals surface area contributed by atoms with Crippen LogP contribution in [0.25, 0.3) is 0 Å². The minimum Gasteiger partial charge on any atom is -0.363 e. The molecule has 3 rings (SSSR count). The van der Waals surface area contributed by atoms with E-state index in [2.05, 4.69) is 10.6 Å². The van der Waals surface area contributed by atoms with Crippen molar-refractivity contribution in [1.82, 2.24) is 20.9 Å². The monoisotopic (exact) mass is 533 g/mol. The Labute approximate surface area is 239 Å². The molecule has 0 bridgehead atoms. The number of fused-ring (bicyclic) bond motifs is 1. The molecule has 0 spiro atoms. The van der Waals surface area contributed by atoms with Gasteiger partial charge < -0.3 is 26.6 Å². The van der Waals surface area contributed by atoms with Gasteiger partial charge in [0.2, 0.25) is 17.6 Å². The number of hydrogen-bond donors (Lipinski definition) is 4. The standard InChI is InChI=1S/C27H45N5O5/c1-25(2,3)20(30-24(37)31-26(4,5)6)23(36)32-13-15-17(27(15,7)8)18(32)22(35)29-16(19(33)21(28)34)12-14-10-9-11-14/h14-18,20H,9-13H2,1-8H3,(H2,28,34)(H,29,35)(H2,30,31,37)/t15-,16+,17-,18-,20+/m0/s1/i7D3,8D3,9D2,10D2,11D2,14D,16D. The third-order valence-corrected chi connectivity index (χ3v) is 6.49. The minimum absolute atomic E-state index is 0.657. The van der Waals surface area contributed by atoms with E-state index in [1.54, 1.807) is 41.5 Å². The number of ketones is 1. The number of rotatable bonds is 8. The fraction of sp³-hybridized carbons (Fsp3) is 0.815. The van der Waals surface area contributed by atoms with Gasteiger partial charge in [0.05, 0.1) is 7.39 Å². The summed E-state index contributed by atoms with van der Waals surface area (Å²) in [5, 5.41) is 6.96. The molecule has 5 atom stereocenters. The van der Waals surface area contributed by atoms with Crippen molar-refractivity contribution in [3.05, 3.63) is 0 Å². The molecule has 5 amide bonds. The number of hydrogen-bond acceptors (Lipinski definition) is 5. The second-order valence-corrected chi connectivity index (χ2v) is 11.8. The third kappa shape index (κ3) is 6.26. The van der Waals surface area contributed by atoms with E-state index >= 15 is 0 Å². The highest BCUT2D eigenvalue weighted by Gasteiger charge is 2.70. The number of likely N-dealkylation sites (tertiary alicyclic amines) is 1. The molecule has 10 heteroatoms. The zero-order chi connectivity index (χ0) is 40.3. The predicted octanol–water partition coefficient (Wildman–Crippen LogP) is 1.71. The van der Waals surface area contributed by atoms with E-state index in [4.69, 9.17) is 24.9 Å². The van der Waals surface area contributed by atoms with Gasteiger partial charge in [-0.3, -0.25) is 19.2 Å². The Balaban J connectivity index is 2.17. The largest absolute Gasteiger partial charge is 0.363 e. The fourth-order valence-corrected chi connectivity index (χ4v) is 4.56. The van der Waals surface area contributed by atoms with E-state index in [-0.39, 0.29) is 0 Å². The molecule has 5 N–H and O–H groups in total. The van der Waals surface area contributed by atoms with Gasteiger partial charge >= 0.3 is 6.03 Å². The molecule has 2 aliphatic carbocycles. The number of carbonyl (C=O) groups is 5. The van der Waals surface area contributed by atoms with Crippen molar-refractivity contribution in [3.63, 3.8) is 0 Å². The van der Waals surface area contributed by atoms with Crippen LogP contribution in [-0.4, -0.2) is 64.6 Å². The maximum Gasteiger partial charge on any atom is 0.315 e. The second kappa shape index (κ2) is 9.91. The summed E-state index contributed by atoms with van der Waals surface area (Å²) in [6.07, 6.45) is -11.9. The topological polar surface area (TPSA) is 151 Å². The summed E-state index contributed by atoms with van der Waals surface area (Å²) in [6.45, 7) is 2.48. The first kappa shape index (κ1) is 15.1. The fourth-order valence-electron chi connectivity index (χ4n) is 4.56. The normalized spacial score (nSPS) is 38.3. The Hall–Kier alpha value is -2.65. The zero-order valence-corrected chi connectivity index (χ0v) is 21.8. The highest BCUT2D eigenvalue weighted by atomic mass is 16.2. The zero-order valence-electron chi connectivity index (χ0n) is 35.8. The molecular weight excluding hydrogens is 474 g/mol. The highest BCUT2D eigenvalue weighted by molar-refractivity contribution is 6.37. The maximum absolute atomic E-state index is 14.3. The Morgan fingerprint density at radius 2 is 1.76 bits per heavy atom. The number of primary amides is 1. The van der Waals surface area contributed by atoms with Gasteiger partial charge in [-0.25, -0.2) is 4.79 Å². The number of urea groups is 1. The van der Waals surface area contributed by atoms with Crippen LogP contribution >= 0.6 is 0 Å². The van der Waals surface area contributed by atoms with Crippen LogP contribution in [0.1, 0.15) is 100.0 Å². The molecule has 10 nitrogen and oxygen atoms in total. The van der Waals surface area contributed by atoms with Gasteiger partial charge in [0, 0.05) is 29.9 Å². The van der Waals surface area contributed by atoms with E-state index in [0.717, 1.165) is 4.90 Å². The summed E-state index contributed by atoms with van der Waals surface area (Å²) in [4.78, 5) is 67.5. The lowest BCUT2D eigenvalue weighted by atomic mass is 9.80. The van der Waals surface area contributed by atoms with E-state index in [9.17, 15) is 24.0 Å². The molecule has 2 saturated carbocycles. The van der Waals surface area contributed by atoms with Crippen LogP contribution in [0.3, 0.4) is 0 Å². The first-order valence-electron chi connectivity index (χ1n) is 18.9. The lowest BCUT2D eigenvalue weighted by Gasteiger charge is -2.38. The lowest BCUT2D eigenvalue weighted by Crippen LogP contribution is -2.62. The highest BCUT2D eigenvalue weighted by Crippen LogP contribution is 2.65. The molecule has 0 radical (unpaired) electrons. The van der Waals surface area contributed by atoms with Gasteiger partial charge in [-0.2, -0.15) is 0 Å². The van der Waals surface area contributed by atoms with Crippen LogP contribution in [0.2, 0.25) is 0 Å². The van der Waals surface area contributed by atoms with Crippen molar-refractivity contribution < 1.29 is 43.2 Å². The molecule has 3 fully saturated rings. The molecule has 1 saturated heterocycles. The van der Waals surface area contributed by atoms with E-state index in [0.29, 0.717) is 0 Å². The number of nitrogens with one attached hydrogen (secondary N) is 3. The van der Waals surface area contributed by atoms with E-state index in [1.165, 1.54) is 0 Å². The van der Waals surface area contributed by atoms with E-state index < -0.39 is 128 Å². The molecule has 0 aromatic heterocycles. The van der Waals surface area contributed by atoms with Crippen LogP contribution in [0.5, 0.6) is 0 Å². The van der Waals surface area contributed by atoms with Crippen molar-refractivity contribution in [3.8, 4) is 0 Å². The smallest absolute Gasteiger partial charge is 0.315 e. The van der Waals surface area contributed by atoms with E-state index in [1.807, 2.05) is 5.32 Å². The molecule has 208 valence electrons. The SMILES string of the molecule is [2H]C([2H])([2H])C1(C([2H])([2H])[2H])[C@@H]2[C@@H](C(=O)N[C@]([2H])(CC3([2H])C([2H])([2H])C([2H])([2H])C3([2H])[2H])C(=O)C(N)=O)N(C(=O)[C@@H](NC(=O)NC(C)(C)C)C(C)(C)C)C[C@@H]21. The van der Waals surface area contributed by atoms with Gasteiger partial charge in [-0.1, -0.05) is 53.6 Å². The van der Waals surface area contributed by atoms with Crippen molar-refractivity contribution in [1.29, 1.82) is 0 Å². The summed E-state index contributed by atoms with van der Waals surface area (Å²) in [5.41, 5.74) is 0.680. The third-order valence-electron chi connectivity index (χ3n) is 6.49. The number of carbonyl (C=O) groups excluding carboxylic acids is 5. The summed E-state index contributed by atoms with van der Waals surface area (Å²) in [6, 6.07) is -7.85. The summed E-state index contributed by atoms with van der Waals surface area (Å²) in [5.74, 6) is -12.8. The van der Waals surface area contributed by atoms with Crippen LogP contribution in [0.15, 0.2) is 0 Å². The maximum atomic E-state index is 14.3. The van der Waals surface area contributed by atoms with Crippen LogP contribution in [0.4, 0.5) is 4.79 Å². The first-order chi connectivity index (χ1) is 22.3. The van der Waals surface area contributed by atoms with Gasteiger partial charge in [0.15, 0.2) is 0 Å². The molecule has 1 heterocycles. The molecule has 0 unspecified atom stereocenters. The molecule has 0 aromatic rings. The number of piperidine rings is 1. The summed E-state index contributed by atoms with van der Waals surface area (Å²) in [7, 11) is 0. The van der Waals surface area contributed by atoms with Gasteiger partial charge in [0.25, 0.3) is 5.91 Å². The second-order valence-electron chi connectivity index (χ2n) is 11.8. The average Bonchev–Trinajstić information content (AvgIpc) is 3.43. The van der Waals surface area contributed by atoms with Crippen molar-refractivity contribution in [2.24, 2.45) is 34.3 Å². The Bertz CT molecular complexity index is 1470. The first-order valence-corrected chi connectivity index (χ1v) is 11.9. The Morgan fingerprint density at radius 1 is 1.14 bits per heavy atom. The molecule has 1 aliphatic heterocycles. The molecule has 37 heavy (non-hydrogen) atoms. The summed E-state index contributed by atoms with van der Waals surface area (Å²) < 4.78 is 115. The average molecular weight is 534 g/mol. The van der Waals surface area contributed by atoms with Gasteiger partial charge in [0.1, 0.15) is 12.1 Å². The number of nitrogens with zero attached hydrogens (tertiary/aromatic N) is 1. The summed E-state index contributed by atoms with van der Waals surface area (Å²) >= 11 is 0. The van der Waals surface area contributed by atoms with Crippen LogP contribution in [-0.2, 0) is 19.2 Å². The lowest BCUT2D eigenvalue weighted by molar-refractivity contribution is -0.145. The van der Waals surface area contributed by atoms with Crippen molar-refractivity contribution in [2.45, 2.75) is 104 Å². The van der Waals surface area contributed by atoms with Crippen LogP contribution in [0, 0.1) is 28.6 Å². The van der Waals surface area contributed by atoms with Crippen molar-refractivity contribution in [2.75, 3.05) is 6.54 Å². The van der Waals surface area contributed by atoms with Gasteiger partial charge in [-0.15, -0.1) is 0 Å². The Kier molecular flexibility index (Phi) is 4.04. The molecule has 3 aliphatic rings. The molecular formula is C27H45N5O5. The van der Waals surface area contributed by atoms with Crippen molar-refractivity contribution >= 4 is 29.5 Å². The number of amides is 5. The number of Topliss-reactive ketones (excluding diaryl/α,β-unsaturated/α-hetero) is 1. The molecule has 0 aromatic carbocycles. The Morgan fingerprint density at radius 3 is 2.27 bits per heavy atom. The quantitative estimate of drug-likeness (QED) is 0.350. The van der Waals surface area contributed by atoms with Gasteiger partial charge in [-0.05, 0) is 55.8 Å². The minimum atomic E-state index is -3.50. The van der Waals surface area contributed by atoms with Crippen LogP contribution < -0.4 is 21.7 Å².